The van der Waals surface area contributed by atoms with Gasteiger partial charge in [0.1, 0.15) is 29.9 Å². The maximum absolute atomic E-state index is 17.0. The van der Waals surface area contributed by atoms with E-state index >= 15 is 4.39 Å². The van der Waals surface area contributed by atoms with E-state index in [0.717, 1.165) is 43.6 Å². The van der Waals surface area contributed by atoms with Crippen LogP contribution in [0, 0.1) is 46.6 Å². The van der Waals surface area contributed by atoms with E-state index < -0.39 is 23.3 Å². The third-order valence-corrected chi connectivity index (χ3v) is 13.2. The normalized spacial score (nSPS) is 28.7. The first-order valence-electron chi connectivity index (χ1n) is 17.6. The molecule has 1 saturated carbocycles. The van der Waals surface area contributed by atoms with Crippen molar-refractivity contribution in [1.29, 1.82) is 5.26 Å². The Kier molecular flexibility index (Phi) is 7.97. The van der Waals surface area contributed by atoms with Crippen LogP contribution in [0.15, 0.2) is 18.2 Å². The van der Waals surface area contributed by atoms with E-state index in [0.29, 0.717) is 62.7 Å². The summed E-state index contributed by atoms with van der Waals surface area (Å²) in [5.74, 6) is 0.146. The molecule has 1 aliphatic carbocycles. The predicted octanol–water partition coefficient (Wildman–Crippen LogP) is 6.21. The van der Waals surface area contributed by atoms with Crippen LogP contribution in [0.2, 0.25) is 5.02 Å². The summed E-state index contributed by atoms with van der Waals surface area (Å²) in [5, 5.41) is 9.91. The highest BCUT2D eigenvalue weighted by Crippen LogP contribution is 2.55. The molecule has 9 rings (SSSR count). The summed E-state index contributed by atoms with van der Waals surface area (Å²) in [4.78, 5) is 32.9. The number of halogens is 4. The predicted molar refractivity (Wildman–Crippen MR) is 188 cm³/mol. The maximum atomic E-state index is 17.0. The first-order valence-corrected chi connectivity index (χ1v) is 18.8. The number of ether oxygens (including phenoxy) is 1. The van der Waals surface area contributed by atoms with Crippen LogP contribution in [0.1, 0.15) is 38.5 Å². The number of carbonyl (C=O) groups is 1. The van der Waals surface area contributed by atoms with Gasteiger partial charge in [0.25, 0.3) is 0 Å². The van der Waals surface area contributed by atoms with Gasteiger partial charge in [0.2, 0.25) is 5.91 Å². The van der Waals surface area contributed by atoms with Crippen LogP contribution in [0.3, 0.4) is 0 Å². The summed E-state index contributed by atoms with van der Waals surface area (Å²) >= 11 is 7.84. The minimum absolute atomic E-state index is 0.00336. The Balaban J connectivity index is 1.07. The summed E-state index contributed by atoms with van der Waals surface area (Å²) in [6.07, 6.45) is 3.18. The molecule has 2 aromatic carbocycles. The number of fused-ring (bicyclic) bond motifs is 4. The zero-order valence-corrected chi connectivity index (χ0v) is 29.3. The van der Waals surface area contributed by atoms with E-state index in [4.69, 9.17) is 27.1 Å². The lowest BCUT2D eigenvalue weighted by Crippen LogP contribution is -2.43. The summed E-state index contributed by atoms with van der Waals surface area (Å²) in [5.41, 5.74) is 5.99. The molecule has 1 amide bonds. The number of alkyl halides is 1. The van der Waals surface area contributed by atoms with Gasteiger partial charge in [0.05, 0.1) is 32.8 Å². The lowest BCUT2D eigenvalue weighted by molar-refractivity contribution is -0.130. The maximum Gasteiger partial charge on any atom is 0.319 e. The Hall–Kier alpha value is -3.93. The Morgan fingerprint density at radius 1 is 1.12 bits per heavy atom. The van der Waals surface area contributed by atoms with Gasteiger partial charge in [0, 0.05) is 62.1 Å². The topological polar surface area (TPSA) is 124 Å². The molecule has 0 radical (unpaired) electrons. The molecular formula is C36H36ClF3N8O2S. The minimum atomic E-state index is -0.936. The number of carbonyl (C=O) groups excluding carboxylic acids is 1. The number of benzene rings is 2. The van der Waals surface area contributed by atoms with E-state index in [1.165, 1.54) is 12.1 Å². The monoisotopic (exact) mass is 736 g/mol. The molecule has 5 aliphatic rings. The number of nitrogens with zero attached hydrogens (tertiary/aromatic N) is 7. The van der Waals surface area contributed by atoms with Crippen LogP contribution in [0.4, 0.5) is 24.1 Å². The Morgan fingerprint density at radius 3 is 2.80 bits per heavy atom. The number of anilines is 2. The Morgan fingerprint density at radius 2 is 1.98 bits per heavy atom. The van der Waals surface area contributed by atoms with Crippen molar-refractivity contribution in [3.05, 3.63) is 34.9 Å². The smallest absolute Gasteiger partial charge is 0.319 e. The molecule has 4 aromatic rings. The minimum Gasteiger partial charge on any atom is -0.461 e. The second kappa shape index (κ2) is 12.3. The molecule has 4 aliphatic heterocycles. The molecule has 6 atom stereocenters. The summed E-state index contributed by atoms with van der Waals surface area (Å²) in [7, 11) is 0. The number of hydrogen-bond donors (Lipinski definition) is 1. The number of piperidine rings is 1. The first-order chi connectivity index (χ1) is 24.6. The zero-order valence-electron chi connectivity index (χ0n) is 27.8. The van der Waals surface area contributed by atoms with Crippen LogP contribution in [-0.2, 0) is 4.79 Å². The molecule has 6 heterocycles. The van der Waals surface area contributed by atoms with Gasteiger partial charge in [-0.25, -0.2) is 18.2 Å². The number of likely N-dealkylation sites (tertiary alicyclic amines) is 1. The number of aromatic nitrogens is 3. The third kappa shape index (κ3) is 5.54. The van der Waals surface area contributed by atoms with Gasteiger partial charge in [-0.2, -0.15) is 15.2 Å². The van der Waals surface area contributed by atoms with Crippen molar-refractivity contribution >= 4 is 60.9 Å². The molecule has 0 spiro atoms. The number of nitrogen functional groups attached to an aromatic ring is 1. The van der Waals surface area contributed by atoms with Crippen LogP contribution < -0.4 is 15.4 Å². The highest BCUT2D eigenvalue weighted by Gasteiger charge is 2.54. The van der Waals surface area contributed by atoms with E-state index in [9.17, 15) is 18.8 Å². The van der Waals surface area contributed by atoms with Gasteiger partial charge in [-0.3, -0.25) is 9.69 Å². The second-order valence-corrected chi connectivity index (χ2v) is 16.3. The van der Waals surface area contributed by atoms with Crippen LogP contribution in [0.25, 0.3) is 32.2 Å². The van der Waals surface area contributed by atoms with Gasteiger partial charge in [-0.15, -0.1) is 0 Å². The number of hydrogen-bond acceptors (Lipinski definition) is 10. The molecule has 15 heteroatoms. The number of rotatable bonds is 7. The van der Waals surface area contributed by atoms with E-state index in [-0.39, 0.29) is 73.3 Å². The summed E-state index contributed by atoms with van der Waals surface area (Å²) in [6, 6.07) is 6.59. The van der Waals surface area contributed by atoms with Crippen LogP contribution in [0.5, 0.6) is 6.01 Å². The fourth-order valence-corrected chi connectivity index (χ4v) is 10.4. The average Bonchev–Trinajstić information content (AvgIpc) is 3.60. The Bertz CT molecular complexity index is 2130. The highest BCUT2D eigenvalue weighted by molar-refractivity contribution is 7.22. The third-order valence-electron chi connectivity index (χ3n) is 12.0. The number of thiazole rings is 1. The quantitative estimate of drug-likeness (QED) is 0.236. The van der Waals surface area contributed by atoms with Gasteiger partial charge in [-0.1, -0.05) is 22.9 Å². The molecule has 5 fully saturated rings. The molecular weight excluding hydrogens is 701 g/mol. The van der Waals surface area contributed by atoms with E-state index in [1.54, 1.807) is 6.07 Å². The van der Waals surface area contributed by atoms with Gasteiger partial charge in [-0.05, 0) is 68.2 Å². The van der Waals surface area contributed by atoms with E-state index in [2.05, 4.69) is 25.8 Å². The molecule has 51 heavy (non-hydrogen) atoms. The fourth-order valence-electron chi connectivity index (χ4n) is 9.35. The number of amides is 1. The lowest BCUT2D eigenvalue weighted by Gasteiger charge is -2.31. The van der Waals surface area contributed by atoms with Gasteiger partial charge in [0.15, 0.2) is 10.9 Å². The van der Waals surface area contributed by atoms with Crippen molar-refractivity contribution in [2.24, 2.45) is 23.7 Å². The van der Waals surface area contributed by atoms with E-state index in [1.807, 2.05) is 4.90 Å². The van der Waals surface area contributed by atoms with Crippen molar-refractivity contribution in [3.63, 3.8) is 0 Å². The van der Waals surface area contributed by atoms with Gasteiger partial charge < -0.3 is 20.3 Å². The van der Waals surface area contributed by atoms with Crippen molar-refractivity contribution < 1.29 is 22.7 Å². The molecule has 266 valence electrons. The van der Waals surface area contributed by atoms with Crippen molar-refractivity contribution in [1.82, 2.24) is 24.8 Å². The van der Waals surface area contributed by atoms with Gasteiger partial charge >= 0.3 is 6.01 Å². The SMILES string of the molecule is N#C[C@H]1CCN(C(=O)CC2C3CCN(c4nc(OC[C@@]56CCCN5C[C@H](F)C6)nc5c(F)c(-c6ccc(F)c7sc(N)nc67)c(Cl)cc45)CC32)C1. The lowest BCUT2D eigenvalue weighted by atomic mass is 9.95. The average molecular weight is 737 g/mol. The largest absolute Gasteiger partial charge is 0.461 e. The molecule has 10 nitrogen and oxygen atoms in total. The van der Waals surface area contributed by atoms with Crippen molar-refractivity contribution in [3.8, 4) is 23.2 Å². The summed E-state index contributed by atoms with van der Waals surface area (Å²) in [6.45, 7) is 3.72. The van der Waals surface area contributed by atoms with Crippen LogP contribution in [-0.4, -0.2) is 88.2 Å². The van der Waals surface area contributed by atoms with Crippen molar-refractivity contribution in [2.75, 3.05) is 56.5 Å². The number of nitriles is 1. The molecule has 0 bridgehead atoms. The van der Waals surface area contributed by atoms with Crippen molar-refractivity contribution in [2.45, 2.75) is 50.2 Å². The van der Waals surface area contributed by atoms with Crippen LogP contribution >= 0.6 is 22.9 Å². The zero-order chi connectivity index (χ0) is 35.2. The second-order valence-electron chi connectivity index (χ2n) is 14.8. The highest BCUT2D eigenvalue weighted by atomic mass is 35.5. The molecule has 3 unspecified atom stereocenters. The Labute approximate surface area is 301 Å². The molecule has 4 saturated heterocycles. The standard InChI is InChI=1S/C36H36ClF3N8O2S/c37-25-10-23-30(29(40)28(25)21-2-3-26(39)32-31(21)43-34(42)51-32)44-35(50-17-36-6-1-7-48(36)15-19(38)12-36)45-33(23)47-9-5-20-22(24(20)16-47)11-27(49)46-8-4-18(13-41)14-46/h2-3,10,18-20,22,24H,1,4-9,11-12,14-17H2,(H2,42,43)/t18-,19-,20?,22?,24?,36+/m1/s1. The molecule has 2 aromatic heterocycles. The summed E-state index contributed by atoms with van der Waals surface area (Å²) < 4.78 is 52.7. The fraction of sp³-hybridized carbons (Fsp3) is 0.528. The first kappa shape index (κ1) is 32.9. The molecule has 2 N–H and O–H groups in total. The number of nitrogens with two attached hydrogens (primary N) is 1.